The lowest BCUT2D eigenvalue weighted by Crippen LogP contribution is -2.26. The molecule has 0 aliphatic rings. The van der Waals surface area contributed by atoms with E-state index in [9.17, 15) is 4.79 Å². The number of rotatable bonds is 4. The largest absolute Gasteiger partial charge is 0.353 e. The van der Waals surface area contributed by atoms with Crippen LogP contribution in [-0.2, 0) is 0 Å². The van der Waals surface area contributed by atoms with Gasteiger partial charge in [0.05, 0.1) is 10.9 Å². The Morgan fingerprint density at radius 3 is 2.78 bits per heavy atom. The summed E-state index contributed by atoms with van der Waals surface area (Å²) in [6.07, 6.45) is 1.09. The molecule has 2 aromatic rings. The zero-order valence-corrected chi connectivity index (χ0v) is 11.0. The van der Waals surface area contributed by atoms with Gasteiger partial charge in [-0.1, -0.05) is 32.4 Å². The van der Waals surface area contributed by atoms with E-state index in [1.165, 1.54) is 0 Å². The predicted octanol–water partition coefficient (Wildman–Crippen LogP) is 2.77. The van der Waals surface area contributed by atoms with Crippen molar-refractivity contribution in [2.24, 2.45) is 5.92 Å². The van der Waals surface area contributed by atoms with Gasteiger partial charge in [-0.3, -0.25) is 9.78 Å². The molecule has 0 saturated carbocycles. The Morgan fingerprint density at radius 2 is 2.06 bits per heavy atom. The zero-order chi connectivity index (χ0) is 13.1. The number of nitrogens with one attached hydrogen (secondary N) is 2. The molecular weight excluding hydrogens is 226 g/mol. The van der Waals surface area contributed by atoms with E-state index in [1.54, 1.807) is 6.07 Å². The average Bonchev–Trinajstić information content (AvgIpc) is 2.37. The summed E-state index contributed by atoms with van der Waals surface area (Å²) in [5, 5.41) is 3.88. The lowest BCUT2D eigenvalue weighted by molar-refractivity contribution is 0.492. The van der Waals surface area contributed by atoms with Gasteiger partial charge >= 0.3 is 0 Å². The van der Waals surface area contributed by atoms with Gasteiger partial charge in [-0.15, -0.1) is 0 Å². The second-order valence-electron chi connectivity index (χ2n) is 4.75. The second kappa shape index (κ2) is 5.21. The monoisotopic (exact) mass is 245 g/mol. The summed E-state index contributed by atoms with van der Waals surface area (Å²) in [5.74, 6) is 1.08. The summed E-state index contributed by atoms with van der Waals surface area (Å²) < 4.78 is 0. The highest BCUT2D eigenvalue weighted by atomic mass is 16.1. The van der Waals surface area contributed by atoms with Gasteiger partial charge in [0.1, 0.15) is 0 Å². The zero-order valence-electron chi connectivity index (χ0n) is 11.0. The van der Waals surface area contributed by atoms with Crippen LogP contribution in [0.2, 0.25) is 0 Å². The van der Waals surface area contributed by atoms with E-state index in [1.807, 2.05) is 18.2 Å². The standard InChI is InChI=1S/C14H19N3O/c1-4-9(2)10(3)15-14-16-12-8-6-5-7-11(12)13(18)17-14/h5-10H,4H2,1-3H3,(H2,15,16,17,18). The third kappa shape index (κ3) is 2.53. The van der Waals surface area contributed by atoms with Crippen LogP contribution in [0.1, 0.15) is 27.2 Å². The van der Waals surface area contributed by atoms with Crippen molar-refractivity contribution in [2.45, 2.75) is 33.2 Å². The van der Waals surface area contributed by atoms with Crippen molar-refractivity contribution in [1.29, 1.82) is 0 Å². The molecule has 2 atom stereocenters. The molecule has 2 rings (SSSR count). The fraction of sp³-hybridized carbons (Fsp3) is 0.429. The molecule has 0 amide bonds. The topological polar surface area (TPSA) is 57.8 Å². The van der Waals surface area contributed by atoms with Gasteiger partial charge in [-0.25, -0.2) is 4.98 Å². The minimum atomic E-state index is -0.0977. The van der Waals surface area contributed by atoms with E-state index in [2.05, 4.69) is 36.1 Å². The van der Waals surface area contributed by atoms with Crippen molar-refractivity contribution in [1.82, 2.24) is 9.97 Å². The molecule has 4 heteroatoms. The molecule has 2 unspecified atom stereocenters. The Hall–Kier alpha value is -1.84. The van der Waals surface area contributed by atoms with E-state index >= 15 is 0 Å². The van der Waals surface area contributed by atoms with Crippen LogP contribution in [0, 0.1) is 5.92 Å². The smallest absolute Gasteiger partial charge is 0.260 e. The Bertz CT molecular complexity index is 591. The highest BCUT2D eigenvalue weighted by Gasteiger charge is 2.11. The van der Waals surface area contributed by atoms with Crippen molar-refractivity contribution in [3.05, 3.63) is 34.6 Å². The number of hydrogen-bond donors (Lipinski definition) is 2. The molecule has 18 heavy (non-hydrogen) atoms. The average molecular weight is 245 g/mol. The van der Waals surface area contributed by atoms with Crippen LogP contribution in [0.25, 0.3) is 10.9 Å². The minimum absolute atomic E-state index is 0.0977. The molecule has 4 nitrogen and oxygen atoms in total. The van der Waals surface area contributed by atoms with Crippen LogP contribution in [-0.4, -0.2) is 16.0 Å². The van der Waals surface area contributed by atoms with Gasteiger partial charge < -0.3 is 5.32 Å². The summed E-state index contributed by atoms with van der Waals surface area (Å²) in [7, 11) is 0. The van der Waals surface area contributed by atoms with E-state index in [-0.39, 0.29) is 11.6 Å². The molecule has 0 saturated heterocycles. The van der Waals surface area contributed by atoms with Crippen molar-refractivity contribution in [3.63, 3.8) is 0 Å². The first-order valence-corrected chi connectivity index (χ1v) is 6.37. The molecule has 2 N–H and O–H groups in total. The number of anilines is 1. The van der Waals surface area contributed by atoms with Gasteiger partial charge in [0.15, 0.2) is 0 Å². The van der Waals surface area contributed by atoms with Crippen LogP contribution in [0.15, 0.2) is 29.1 Å². The summed E-state index contributed by atoms with van der Waals surface area (Å²) in [6.45, 7) is 6.43. The number of benzene rings is 1. The van der Waals surface area contributed by atoms with E-state index in [0.29, 0.717) is 17.3 Å². The van der Waals surface area contributed by atoms with E-state index < -0.39 is 0 Å². The molecule has 1 aromatic carbocycles. The van der Waals surface area contributed by atoms with Gasteiger partial charge in [0, 0.05) is 6.04 Å². The van der Waals surface area contributed by atoms with Crippen molar-refractivity contribution >= 4 is 16.9 Å². The summed E-state index contributed by atoms with van der Waals surface area (Å²) in [5.41, 5.74) is 0.625. The molecule has 0 bridgehead atoms. The SMILES string of the molecule is CCC(C)C(C)Nc1nc2ccccc2c(=O)[nH]1. The Morgan fingerprint density at radius 1 is 1.33 bits per heavy atom. The molecule has 0 radical (unpaired) electrons. The summed E-state index contributed by atoms with van der Waals surface area (Å²) in [4.78, 5) is 19.1. The molecule has 96 valence electrons. The van der Waals surface area contributed by atoms with Crippen LogP contribution < -0.4 is 10.9 Å². The van der Waals surface area contributed by atoms with Crippen LogP contribution >= 0.6 is 0 Å². The highest BCUT2D eigenvalue weighted by Crippen LogP contribution is 2.13. The number of hydrogen-bond acceptors (Lipinski definition) is 3. The number of aromatic nitrogens is 2. The number of fused-ring (bicyclic) bond motifs is 1. The van der Waals surface area contributed by atoms with Gasteiger partial charge in [0.25, 0.3) is 5.56 Å². The van der Waals surface area contributed by atoms with Crippen LogP contribution in [0.4, 0.5) is 5.95 Å². The highest BCUT2D eigenvalue weighted by molar-refractivity contribution is 5.78. The Balaban J connectivity index is 2.33. The van der Waals surface area contributed by atoms with Crippen molar-refractivity contribution < 1.29 is 0 Å². The number of H-pyrrole nitrogens is 1. The lowest BCUT2D eigenvalue weighted by Gasteiger charge is -2.20. The first-order valence-electron chi connectivity index (χ1n) is 6.37. The molecule has 1 aromatic heterocycles. The predicted molar refractivity (Wildman–Crippen MR) is 74.9 cm³/mol. The first-order chi connectivity index (χ1) is 8.61. The third-order valence-corrected chi connectivity index (χ3v) is 3.47. The maximum atomic E-state index is 11.9. The second-order valence-corrected chi connectivity index (χ2v) is 4.75. The lowest BCUT2D eigenvalue weighted by atomic mass is 10.0. The minimum Gasteiger partial charge on any atom is -0.353 e. The molecular formula is C14H19N3O. The molecule has 0 aliphatic carbocycles. The summed E-state index contributed by atoms with van der Waals surface area (Å²) >= 11 is 0. The fourth-order valence-corrected chi connectivity index (χ4v) is 1.87. The van der Waals surface area contributed by atoms with Crippen LogP contribution in [0.5, 0.6) is 0 Å². The quantitative estimate of drug-likeness (QED) is 0.870. The van der Waals surface area contributed by atoms with E-state index in [4.69, 9.17) is 0 Å². The molecule has 0 aliphatic heterocycles. The third-order valence-electron chi connectivity index (χ3n) is 3.47. The summed E-state index contributed by atoms with van der Waals surface area (Å²) in [6, 6.07) is 7.64. The van der Waals surface area contributed by atoms with Crippen LogP contribution in [0.3, 0.4) is 0 Å². The fourth-order valence-electron chi connectivity index (χ4n) is 1.87. The molecule has 0 fully saturated rings. The van der Waals surface area contributed by atoms with Gasteiger partial charge in [-0.05, 0) is 25.0 Å². The normalized spacial score (nSPS) is 14.4. The molecule has 0 spiro atoms. The van der Waals surface area contributed by atoms with Crippen molar-refractivity contribution in [3.8, 4) is 0 Å². The van der Waals surface area contributed by atoms with Crippen molar-refractivity contribution in [2.75, 3.05) is 5.32 Å². The maximum absolute atomic E-state index is 11.9. The number of para-hydroxylation sites is 1. The molecule has 1 heterocycles. The Labute approximate surface area is 106 Å². The maximum Gasteiger partial charge on any atom is 0.260 e. The Kier molecular flexibility index (Phi) is 3.65. The first kappa shape index (κ1) is 12.6. The number of nitrogens with zero attached hydrogens (tertiary/aromatic N) is 1. The van der Waals surface area contributed by atoms with E-state index in [0.717, 1.165) is 11.9 Å². The number of aromatic amines is 1. The van der Waals surface area contributed by atoms with Gasteiger partial charge in [-0.2, -0.15) is 0 Å². The van der Waals surface area contributed by atoms with Gasteiger partial charge in [0.2, 0.25) is 5.95 Å².